The van der Waals surface area contributed by atoms with Crippen LogP contribution in [0.4, 0.5) is 5.69 Å². The van der Waals surface area contributed by atoms with Crippen molar-refractivity contribution in [2.24, 2.45) is 0 Å². The van der Waals surface area contributed by atoms with Gasteiger partial charge in [-0.1, -0.05) is 53.5 Å². The van der Waals surface area contributed by atoms with E-state index in [1.54, 1.807) is 48.5 Å². The van der Waals surface area contributed by atoms with Crippen molar-refractivity contribution in [3.05, 3.63) is 93.5 Å². The zero-order valence-electron chi connectivity index (χ0n) is 16.6. The predicted molar refractivity (Wildman–Crippen MR) is 120 cm³/mol. The summed E-state index contributed by atoms with van der Waals surface area (Å²) in [6.07, 6.45) is -0.425. The molecule has 0 saturated carbocycles. The largest absolute Gasteiger partial charge is 0.497 e. The van der Waals surface area contributed by atoms with E-state index in [1.807, 2.05) is 12.1 Å². The number of aliphatic hydroxyl groups is 1. The van der Waals surface area contributed by atoms with Gasteiger partial charge in [-0.2, -0.15) is 0 Å². The average Bonchev–Trinajstić information content (AvgIpc) is 2.96. The van der Waals surface area contributed by atoms with Crippen LogP contribution in [0.15, 0.2) is 66.7 Å². The number of ether oxygens (including phenoxy) is 1. The molecule has 3 aromatic rings. The molecular weight excluding hydrogens is 437 g/mol. The van der Waals surface area contributed by atoms with Crippen molar-refractivity contribution < 1.29 is 19.4 Å². The molecule has 3 aromatic carbocycles. The number of amides is 1. The number of nitrogens with zero attached hydrogens (tertiary/aromatic N) is 1. The molecule has 1 amide bonds. The van der Waals surface area contributed by atoms with Gasteiger partial charge in [-0.15, -0.1) is 0 Å². The molecule has 0 radical (unpaired) electrons. The molecular formula is C24H19Cl2NO4. The molecule has 5 nitrogen and oxygen atoms in total. The molecule has 1 aliphatic heterocycles. The van der Waals surface area contributed by atoms with Crippen LogP contribution < -0.4 is 9.64 Å². The highest BCUT2D eigenvalue weighted by Gasteiger charge is 2.51. The number of ketones is 1. The van der Waals surface area contributed by atoms with Crippen molar-refractivity contribution in [2.75, 3.05) is 12.0 Å². The normalized spacial score (nSPS) is 17.5. The molecule has 0 aliphatic carbocycles. The summed E-state index contributed by atoms with van der Waals surface area (Å²) in [6, 6.07) is 18.6. The van der Waals surface area contributed by atoms with Crippen LogP contribution in [0.25, 0.3) is 0 Å². The van der Waals surface area contributed by atoms with E-state index in [-0.39, 0.29) is 12.3 Å². The molecule has 4 rings (SSSR count). The number of benzene rings is 3. The Hall–Kier alpha value is -2.86. The number of methoxy groups -OCH3 is 1. The van der Waals surface area contributed by atoms with Crippen LogP contribution in [0.5, 0.6) is 5.75 Å². The lowest BCUT2D eigenvalue weighted by molar-refractivity contribution is -0.136. The van der Waals surface area contributed by atoms with Crippen LogP contribution in [0, 0.1) is 0 Å². The summed E-state index contributed by atoms with van der Waals surface area (Å²) in [5, 5.41) is 12.3. The van der Waals surface area contributed by atoms with E-state index in [0.29, 0.717) is 32.6 Å². The Labute approximate surface area is 189 Å². The lowest BCUT2D eigenvalue weighted by Crippen LogP contribution is -2.41. The Morgan fingerprint density at radius 2 is 1.84 bits per heavy atom. The number of hydrogen-bond donors (Lipinski definition) is 1. The molecule has 1 atom stereocenters. The lowest BCUT2D eigenvalue weighted by atomic mass is 9.88. The fraction of sp³-hybridized carbons (Fsp3) is 0.167. The molecule has 1 heterocycles. The molecule has 7 heteroatoms. The van der Waals surface area contributed by atoms with E-state index in [0.717, 1.165) is 5.56 Å². The van der Waals surface area contributed by atoms with Gasteiger partial charge in [0.15, 0.2) is 11.4 Å². The summed E-state index contributed by atoms with van der Waals surface area (Å²) >= 11 is 12.4. The Morgan fingerprint density at radius 1 is 1.06 bits per heavy atom. The SMILES string of the molecule is COc1cccc(C(=O)C[C@]2(O)C(=O)N(Cc3ccccc3Cl)c3ccc(Cl)cc32)c1. The minimum Gasteiger partial charge on any atom is -0.497 e. The highest BCUT2D eigenvalue weighted by Crippen LogP contribution is 2.45. The van der Waals surface area contributed by atoms with Gasteiger partial charge in [0.25, 0.3) is 5.91 Å². The van der Waals surface area contributed by atoms with Crippen LogP contribution >= 0.6 is 23.2 Å². The summed E-state index contributed by atoms with van der Waals surface area (Å²) in [5.74, 6) is -0.472. The zero-order valence-corrected chi connectivity index (χ0v) is 18.2. The lowest BCUT2D eigenvalue weighted by Gasteiger charge is -2.23. The first-order chi connectivity index (χ1) is 14.8. The third-order valence-electron chi connectivity index (χ3n) is 5.39. The number of carbonyl (C=O) groups excluding carboxylic acids is 2. The van der Waals surface area contributed by atoms with E-state index in [2.05, 4.69) is 0 Å². The van der Waals surface area contributed by atoms with Crippen molar-refractivity contribution in [1.29, 1.82) is 0 Å². The minimum absolute atomic E-state index is 0.156. The van der Waals surface area contributed by atoms with Gasteiger partial charge in [0, 0.05) is 21.2 Å². The average molecular weight is 456 g/mol. The Bertz CT molecular complexity index is 1180. The summed E-state index contributed by atoms with van der Waals surface area (Å²) in [6.45, 7) is 0.156. The topological polar surface area (TPSA) is 66.8 Å². The van der Waals surface area contributed by atoms with Gasteiger partial charge in [-0.05, 0) is 42.0 Å². The van der Waals surface area contributed by atoms with Gasteiger partial charge < -0.3 is 14.7 Å². The van der Waals surface area contributed by atoms with Gasteiger partial charge >= 0.3 is 0 Å². The van der Waals surface area contributed by atoms with Crippen LogP contribution in [0.1, 0.15) is 27.9 Å². The predicted octanol–water partition coefficient (Wildman–Crippen LogP) is 5.01. The maximum Gasteiger partial charge on any atom is 0.264 e. The van der Waals surface area contributed by atoms with Crippen LogP contribution in [-0.4, -0.2) is 23.9 Å². The number of hydrogen-bond acceptors (Lipinski definition) is 4. The fourth-order valence-electron chi connectivity index (χ4n) is 3.78. The second kappa shape index (κ2) is 8.35. The maximum absolute atomic E-state index is 13.4. The van der Waals surface area contributed by atoms with Gasteiger partial charge in [-0.3, -0.25) is 9.59 Å². The monoisotopic (exact) mass is 455 g/mol. The van der Waals surface area contributed by atoms with Crippen LogP contribution in [0.2, 0.25) is 10.0 Å². The molecule has 1 N–H and O–H groups in total. The Morgan fingerprint density at radius 3 is 2.58 bits per heavy atom. The van der Waals surface area contributed by atoms with Crippen molar-refractivity contribution in [1.82, 2.24) is 0 Å². The highest BCUT2D eigenvalue weighted by atomic mass is 35.5. The minimum atomic E-state index is -2.04. The molecule has 0 spiro atoms. The first kappa shape index (κ1) is 21.4. The molecule has 1 aliphatic rings. The number of fused-ring (bicyclic) bond motifs is 1. The third-order valence-corrected chi connectivity index (χ3v) is 5.99. The van der Waals surface area contributed by atoms with Crippen molar-refractivity contribution in [2.45, 2.75) is 18.6 Å². The summed E-state index contributed by atoms with van der Waals surface area (Å²) < 4.78 is 5.17. The highest BCUT2D eigenvalue weighted by molar-refractivity contribution is 6.31. The second-order valence-electron chi connectivity index (χ2n) is 7.34. The van der Waals surface area contributed by atoms with Gasteiger partial charge in [0.2, 0.25) is 0 Å². The second-order valence-corrected chi connectivity index (χ2v) is 8.18. The van der Waals surface area contributed by atoms with Gasteiger partial charge in [0.05, 0.1) is 25.8 Å². The van der Waals surface area contributed by atoms with Crippen LogP contribution in [0.3, 0.4) is 0 Å². The number of halogens is 2. The fourth-order valence-corrected chi connectivity index (χ4v) is 4.15. The van der Waals surface area contributed by atoms with E-state index in [1.165, 1.54) is 18.1 Å². The molecule has 0 fully saturated rings. The number of anilines is 1. The van der Waals surface area contributed by atoms with Gasteiger partial charge in [0.1, 0.15) is 5.75 Å². The van der Waals surface area contributed by atoms with Crippen molar-refractivity contribution >= 4 is 40.6 Å². The zero-order chi connectivity index (χ0) is 22.2. The number of carbonyl (C=O) groups is 2. The van der Waals surface area contributed by atoms with Crippen molar-refractivity contribution in [3.63, 3.8) is 0 Å². The standard InChI is InChI=1S/C24H19Cl2NO4/c1-31-18-7-4-6-15(11-18)22(28)13-24(30)19-12-17(25)9-10-21(19)27(23(24)29)14-16-5-2-3-8-20(16)26/h2-12,30H,13-14H2,1H3/t24-/m1/s1. The van der Waals surface area contributed by atoms with E-state index in [4.69, 9.17) is 27.9 Å². The molecule has 158 valence electrons. The van der Waals surface area contributed by atoms with Gasteiger partial charge in [-0.25, -0.2) is 0 Å². The van der Waals surface area contributed by atoms with Crippen LogP contribution in [-0.2, 0) is 16.9 Å². The number of Topliss-reactive ketones (excluding diaryl/α,β-unsaturated/α-hetero) is 1. The van der Waals surface area contributed by atoms with E-state index in [9.17, 15) is 14.7 Å². The first-order valence-corrected chi connectivity index (χ1v) is 10.3. The maximum atomic E-state index is 13.4. The molecule has 31 heavy (non-hydrogen) atoms. The summed E-state index contributed by atoms with van der Waals surface area (Å²) in [7, 11) is 1.50. The molecule has 0 saturated heterocycles. The number of rotatable bonds is 6. The Balaban J connectivity index is 1.72. The van der Waals surface area contributed by atoms with E-state index < -0.39 is 17.9 Å². The summed E-state index contributed by atoms with van der Waals surface area (Å²) in [5.41, 5.74) is -0.180. The molecule has 0 aromatic heterocycles. The summed E-state index contributed by atoms with van der Waals surface area (Å²) in [4.78, 5) is 27.8. The molecule has 0 bridgehead atoms. The smallest absolute Gasteiger partial charge is 0.264 e. The van der Waals surface area contributed by atoms with E-state index >= 15 is 0 Å². The van der Waals surface area contributed by atoms with Crippen molar-refractivity contribution in [3.8, 4) is 5.75 Å². The Kier molecular flexibility index (Phi) is 5.75. The molecule has 0 unspecified atom stereocenters. The first-order valence-electron chi connectivity index (χ1n) is 9.58. The quantitative estimate of drug-likeness (QED) is 0.530. The third kappa shape index (κ3) is 3.92.